The van der Waals surface area contributed by atoms with Gasteiger partial charge in [-0.25, -0.2) is 0 Å². The maximum atomic E-state index is 3.51. The van der Waals surface area contributed by atoms with Gasteiger partial charge in [0.25, 0.3) is 0 Å². The number of H-pyrrole nitrogens is 1. The monoisotopic (exact) mass is 231 g/mol. The van der Waals surface area contributed by atoms with Gasteiger partial charge in [0.05, 0.1) is 0 Å². The molecular formula is C17H13N. The topological polar surface area (TPSA) is 15.8 Å². The van der Waals surface area contributed by atoms with E-state index in [0.717, 1.165) is 0 Å². The Morgan fingerprint density at radius 2 is 1.39 bits per heavy atom. The molecule has 0 saturated heterocycles. The summed E-state index contributed by atoms with van der Waals surface area (Å²) in [7, 11) is 0. The van der Waals surface area contributed by atoms with Crippen LogP contribution in [0.1, 0.15) is 5.56 Å². The van der Waals surface area contributed by atoms with Crippen LogP contribution >= 0.6 is 0 Å². The predicted octanol–water partition coefficient (Wildman–Crippen LogP) is 4.78. The lowest BCUT2D eigenvalue weighted by Gasteiger charge is -2.04. The second-order valence-electron chi connectivity index (χ2n) is 4.83. The van der Waals surface area contributed by atoms with E-state index in [4.69, 9.17) is 0 Å². The van der Waals surface area contributed by atoms with Crippen LogP contribution in [0.15, 0.2) is 54.6 Å². The Balaban J connectivity index is 2.39. The molecule has 0 radical (unpaired) electrons. The molecule has 0 fully saturated rings. The quantitative estimate of drug-likeness (QED) is 0.448. The van der Waals surface area contributed by atoms with E-state index in [1.807, 2.05) is 0 Å². The summed E-state index contributed by atoms with van der Waals surface area (Å²) in [4.78, 5) is 3.51. The zero-order valence-corrected chi connectivity index (χ0v) is 10.2. The molecule has 0 atom stereocenters. The van der Waals surface area contributed by atoms with Gasteiger partial charge in [0.15, 0.2) is 0 Å². The Morgan fingerprint density at radius 3 is 2.22 bits per heavy atom. The van der Waals surface area contributed by atoms with Crippen molar-refractivity contribution in [2.45, 2.75) is 6.92 Å². The van der Waals surface area contributed by atoms with E-state index in [9.17, 15) is 0 Å². The van der Waals surface area contributed by atoms with Gasteiger partial charge < -0.3 is 4.98 Å². The van der Waals surface area contributed by atoms with Gasteiger partial charge in [-0.05, 0) is 35.4 Å². The van der Waals surface area contributed by atoms with Gasteiger partial charge in [-0.1, -0.05) is 42.5 Å². The van der Waals surface area contributed by atoms with Crippen LogP contribution in [0.25, 0.3) is 32.6 Å². The van der Waals surface area contributed by atoms with Crippen molar-refractivity contribution < 1.29 is 0 Å². The van der Waals surface area contributed by atoms with Crippen molar-refractivity contribution in [3.63, 3.8) is 0 Å². The summed E-state index contributed by atoms with van der Waals surface area (Å²) >= 11 is 0. The van der Waals surface area contributed by atoms with Crippen LogP contribution in [0.3, 0.4) is 0 Å². The second-order valence-corrected chi connectivity index (χ2v) is 4.83. The summed E-state index contributed by atoms with van der Waals surface area (Å²) in [6, 6.07) is 19.4. The van der Waals surface area contributed by atoms with E-state index in [-0.39, 0.29) is 0 Å². The molecule has 0 amide bonds. The highest BCUT2D eigenvalue weighted by Crippen LogP contribution is 2.33. The first-order chi connectivity index (χ1) is 8.84. The maximum absolute atomic E-state index is 3.51. The highest BCUT2D eigenvalue weighted by molar-refractivity contribution is 6.20. The number of fused-ring (bicyclic) bond motifs is 5. The Kier molecular flexibility index (Phi) is 1.81. The minimum Gasteiger partial charge on any atom is -0.354 e. The third-order valence-corrected chi connectivity index (χ3v) is 3.72. The second kappa shape index (κ2) is 3.36. The Morgan fingerprint density at radius 1 is 0.722 bits per heavy atom. The van der Waals surface area contributed by atoms with E-state index in [1.54, 1.807) is 0 Å². The number of hydrogen-bond acceptors (Lipinski definition) is 0. The Hall–Kier alpha value is -2.28. The number of aryl methyl sites for hydroxylation is 1. The van der Waals surface area contributed by atoms with E-state index >= 15 is 0 Å². The van der Waals surface area contributed by atoms with Crippen molar-refractivity contribution in [3.05, 3.63) is 60.2 Å². The molecule has 4 rings (SSSR count). The fourth-order valence-corrected chi connectivity index (χ4v) is 2.90. The number of aromatic nitrogens is 1. The molecule has 18 heavy (non-hydrogen) atoms. The Bertz CT molecular complexity index is 884. The van der Waals surface area contributed by atoms with E-state index in [2.05, 4.69) is 66.5 Å². The standard InChI is InChI=1S/C17H13N/c1-11-10-16-17(13-7-3-2-6-12(11)13)14-8-4-5-9-15(14)18-16/h2-10,18H,1H3. The number of nitrogens with one attached hydrogen (secondary N) is 1. The summed E-state index contributed by atoms with van der Waals surface area (Å²) in [5.74, 6) is 0. The van der Waals surface area contributed by atoms with Crippen LogP contribution in [0.2, 0.25) is 0 Å². The first-order valence-electron chi connectivity index (χ1n) is 6.23. The van der Waals surface area contributed by atoms with Crippen LogP contribution in [0.4, 0.5) is 0 Å². The first kappa shape index (κ1) is 9.72. The molecule has 0 bridgehead atoms. The van der Waals surface area contributed by atoms with E-state index in [1.165, 1.54) is 38.1 Å². The molecule has 1 nitrogen and oxygen atoms in total. The van der Waals surface area contributed by atoms with Crippen molar-refractivity contribution in [2.75, 3.05) is 0 Å². The van der Waals surface area contributed by atoms with Crippen LogP contribution in [0, 0.1) is 6.92 Å². The van der Waals surface area contributed by atoms with Gasteiger partial charge in [-0.15, -0.1) is 0 Å². The number of rotatable bonds is 0. The fourth-order valence-electron chi connectivity index (χ4n) is 2.90. The fraction of sp³-hybridized carbons (Fsp3) is 0.0588. The normalized spacial score (nSPS) is 11.6. The molecule has 0 aliphatic carbocycles. The summed E-state index contributed by atoms with van der Waals surface area (Å²) in [5.41, 5.74) is 3.76. The van der Waals surface area contributed by atoms with Crippen LogP contribution in [-0.4, -0.2) is 4.98 Å². The lowest BCUT2D eigenvalue weighted by molar-refractivity contribution is 1.50. The molecule has 1 heteroatoms. The van der Waals surface area contributed by atoms with Crippen LogP contribution < -0.4 is 0 Å². The smallest absolute Gasteiger partial charge is 0.0474 e. The molecule has 1 heterocycles. The molecular weight excluding hydrogens is 218 g/mol. The van der Waals surface area contributed by atoms with Crippen molar-refractivity contribution in [2.24, 2.45) is 0 Å². The van der Waals surface area contributed by atoms with Crippen molar-refractivity contribution in [1.29, 1.82) is 0 Å². The third kappa shape index (κ3) is 1.16. The number of aromatic amines is 1. The van der Waals surface area contributed by atoms with Crippen molar-refractivity contribution in [1.82, 2.24) is 4.98 Å². The highest BCUT2D eigenvalue weighted by atomic mass is 14.7. The van der Waals surface area contributed by atoms with Gasteiger partial charge in [0.1, 0.15) is 0 Å². The molecule has 3 aromatic carbocycles. The highest BCUT2D eigenvalue weighted by Gasteiger charge is 2.08. The van der Waals surface area contributed by atoms with E-state index in [0.29, 0.717) is 0 Å². The van der Waals surface area contributed by atoms with Crippen LogP contribution in [0.5, 0.6) is 0 Å². The number of hydrogen-bond donors (Lipinski definition) is 1. The summed E-state index contributed by atoms with van der Waals surface area (Å²) in [6.07, 6.45) is 0. The molecule has 86 valence electrons. The summed E-state index contributed by atoms with van der Waals surface area (Å²) in [5, 5.41) is 5.33. The molecule has 0 aliphatic heterocycles. The number of para-hydroxylation sites is 1. The van der Waals surface area contributed by atoms with Gasteiger partial charge >= 0.3 is 0 Å². The van der Waals surface area contributed by atoms with Crippen LogP contribution in [-0.2, 0) is 0 Å². The van der Waals surface area contributed by atoms with Gasteiger partial charge in [0.2, 0.25) is 0 Å². The average molecular weight is 231 g/mol. The molecule has 0 saturated carbocycles. The summed E-state index contributed by atoms with van der Waals surface area (Å²) in [6.45, 7) is 2.17. The lowest BCUT2D eigenvalue weighted by Crippen LogP contribution is -1.79. The van der Waals surface area contributed by atoms with Gasteiger partial charge in [-0.2, -0.15) is 0 Å². The first-order valence-corrected chi connectivity index (χ1v) is 6.23. The average Bonchev–Trinajstić information content (AvgIpc) is 2.77. The Labute approximate surface area is 105 Å². The molecule has 1 aromatic heterocycles. The van der Waals surface area contributed by atoms with Crippen molar-refractivity contribution in [3.8, 4) is 0 Å². The van der Waals surface area contributed by atoms with Gasteiger partial charge in [0, 0.05) is 21.8 Å². The van der Waals surface area contributed by atoms with E-state index < -0.39 is 0 Å². The molecule has 4 aromatic rings. The maximum Gasteiger partial charge on any atom is 0.0474 e. The zero-order chi connectivity index (χ0) is 12.1. The third-order valence-electron chi connectivity index (χ3n) is 3.72. The SMILES string of the molecule is Cc1cc2[nH]c3ccccc3c2c2ccccc12. The predicted molar refractivity (Wildman–Crippen MR) is 78.0 cm³/mol. The minimum absolute atomic E-state index is 1.21. The lowest BCUT2D eigenvalue weighted by atomic mass is 10.00. The summed E-state index contributed by atoms with van der Waals surface area (Å²) < 4.78 is 0. The minimum atomic E-state index is 1.21. The zero-order valence-electron chi connectivity index (χ0n) is 10.2. The molecule has 0 aliphatic rings. The molecule has 0 spiro atoms. The molecule has 0 unspecified atom stereocenters. The largest absolute Gasteiger partial charge is 0.354 e. The molecule has 1 N–H and O–H groups in total. The number of benzene rings is 3. The van der Waals surface area contributed by atoms with Crippen molar-refractivity contribution >= 4 is 32.6 Å². The van der Waals surface area contributed by atoms with Gasteiger partial charge in [-0.3, -0.25) is 0 Å².